The molecule has 1 nitrogen and oxygen atoms in total. The van der Waals surface area contributed by atoms with Crippen LogP contribution in [0.4, 0.5) is 0 Å². The van der Waals surface area contributed by atoms with Crippen LogP contribution in [-0.4, -0.2) is 16.0 Å². The van der Waals surface area contributed by atoms with Crippen LogP contribution < -0.4 is 5.32 Å². The number of rotatable bonds is 4. The maximum atomic E-state index is 3.87. The zero-order valence-electron chi connectivity index (χ0n) is 11.8. The number of hydrogen-bond acceptors (Lipinski definition) is 1. The monoisotopic (exact) mass is 369 g/mol. The van der Waals surface area contributed by atoms with Gasteiger partial charge in [-0.25, -0.2) is 0 Å². The summed E-state index contributed by atoms with van der Waals surface area (Å²) in [7, 11) is 0. The first-order chi connectivity index (χ1) is 9.21. The van der Waals surface area contributed by atoms with Gasteiger partial charge < -0.3 is 5.32 Å². The molecule has 3 aliphatic carbocycles. The molecule has 4 rings (SSSR count). The van der Waals surface area contributed by atoms with Gasteiger partial charge in [0, 0.05) is 14.9 Å². The van der Waals surface area contributed by atoms with Gasteiger partial charge in [-0.15, -0.1) is 0 Å². The minimum absolute atomic E-state index is 0.456. The summed E-state index contributed by atoms with van der Waals surface area (Å²) in [4.78, 5) is 0. The molecule has 3 saturated carbocycles. The van der Waals surface area contributed by atoms with Gasteiger partial charge in [0.1, 0.15) is 0 Å². The fourth-order valence-corrected chi connectivity index (χ4v) is 5.93. The smallest absolute Gasteiger partial charge is 0.0224 e. The van der Waals surface area contributed by atoms with E-state index >= 15 is 0 Å². The van der Waals surface area contributed by atoms with Crippen molar-refractivity contribution in [1.82, 2.24) is 5.32 Å². The summed E-state index contributed by atoms with van der Waals surface area (Å²) in [5, 5.41) is 3.87. The maximum absolute atomic E-state index is 3.87. The Morgan fingerprint density at radius 2 is 1.84 bits per heavy atom. The Hall–Kier alpha value is -0.0900. The Bertz CT molecular complexity index is 420. The molecular formula is C17H24IN. The first kappa shape index (κ1) is 13.9. The second-order valence-electron chi connectivity index (χ2n) is 6.40. The van der Waals surface area contributed by atoms with Gasteiger partial charge in [0.25, 0.3) is 0 Å². The molecule has 104 valence electrons. The quantitative estimate of drug-likeness (QED) is 0.611. The van der Waals surface area contributed by atoms with E-state index in [1.165, 1.54) is 45.1 Å². The minimum atomic E-state index is 0.456. The van der Waals surface area contributed by atoms with Crippen molar-refractivity contribution in [2.45, 2.75) is 60.3 Å². The molecule has 2 bridgehead atoms. The third kappa shape index (κ3) is 2.35. The van der Waals surface area contributed by atoms with Crippen molar-refractivity contribution in [2.24, 2.45) is 0 Å². The third-order valence-corrected chi connectivity index (χ3v) is 7.00. The van der Waals surface area contributed by atoms with Gasteiger partial charge in [-0.1, -0.05) is 59.8 Å². The highest BCUT2D eigenvalue weighted by Crippen LogP contribution is 2.56. The molecule has 2 heteroatoms. The van der Waals surface area contributed by atoms with E-state index in [9.17, 15) is 0 Å². The highest BCUT2D eigenvalue weighted by atomic mass is 127. The number of hydrogen-bond donors (Lipinski definition) is 1. The lowest BCUT2D eigenvalue weighted by atomic mass is 9.55. The minimum Gasteiger partial charge on any atom is -0.311 e. The Balaban J connectivity index is 1.83. The van der Waals surface area contributed by atoms with Gasteiger partial charge >= 0.3 is 0 Å². The average molecular weight is 369 g/mol. The summed E-state index contributed by atoms with van der Waals surface area (Å²) in [6.45, 7) is 3.45. The molecule has 0 amide bonds. The molecule has 0 aliphatic heterocycles. The predicted molar refractivity (Wildman–Crippen MR) is 90.0 cm³/mol. The fourth-order valence-electron chi connectivity index (χ4n) is 4.11. The molecule has 3 fully saturated rings. The summed E-state index contributed by atoms with van der Waals surface area (Å²) in [6.07, 6.45) is 8.05. The third-order valence-electron chi connectivity index (χ3n) is 5.37. The molecule has 0 spiro atoms. The van der Waals surface area contributed by atoms with Crippen molar-refractivity contribution >= 4 is 22.6 Å². The lowest BCUT2D eigenvalue weighted by Crippen LogP contribution is -2.60. The van der Waals surface area contributed by atoms with E-state index in [-0.39, 0.29) is 0 Å². The summed E-state index contributed by atoms with van der Waals surface area (Å²) in [5.74, 6) is 0. The molecule has 1 N–H and O–H groups in total. The molecule has 0 aromatic heterocycles. The van der Waals surface area contributed by atoms with Crippen molar-refractivity contribution in [3.8, 4) is 0 Å². The van der Waals surface area contributed by atoms with E-state index in [1.807, 2.05) is 0 Å². The topological polar surface area (TPSA) is 12.0 Å². The van der Waals surface area contributed by atoms with Crippen LogP contribution in [0, 0.1) is 0 Å². The van der Waals surface area contributed by atoms with Crippen LogP contribution in [0.5, 0.6) is 0 Å². The van der Waals surface area contributed by atoms with Gasteiger partial charge in [-0.3, -0.25) is 0 Å². The molecule has 0 radical (unpaired) electrons. The molecule has 0 saturated heterocycles. The first-order valence-corrected chi connectivity index (χ1v) is 8.90. The molecular weight excluding hydrogens is 345 g/mol. The number of benzene rings is 1. The zero-order chi connectivity index (χ0) is 13.3. The van der Waals surface area contributed by atoms with E-state index in [4.69, 9.17) is 0 Å². The van der Waals surface area contributed by atoms with Crippen LogP contribution in [0.1, 0.15) is 51.0 Å². The van der Waals surface area contributed by atoms with E-state index in [2.05, 4.69) is 65.2 Å². The second-order valence-corrected chi connectivity index (χ2v) is 7.90. The molecule has 0 unspecified atom stereocenters. The largest absolute Gasteiger partial charge is 0.311 e. The average Bonchev–Trinajstić information content (AvgIpc) is 2.47. The molecule has 19 heavy (non-hydrogen) atoms. The Kier molecular flexibility index (Phi) is 3.91. The van der Waals surface area contributed by atoms with Crippen LogP contribution in [0.15, 0.2) is 30.3 Å². The van der Waals surface area contributed by atoms with Crippen LogP contribution >= 0.6 is 22.6 Å². The van der Waals surface area contributed by atoms with Gasteiger partial charge in [-0.05, 0) is 50.6 Å². The van der Waals surface area contributed by atoms with Crippen LogP contribution in [0.3, 0.4) is 0 Å². The number of alkyl halides is 1. The summed E-state index contributed by atoms with van der Waals surface area (Å²) < 4.78 is 0.777. The highest BCUT2D eigenvalue weighted by molar-refractivity contribution is 14.1. The predicted octanol–water partition coefficient (Wildman–Crippen LogP) is 4.44. The summed E-state index contributed by atoms with van der Waals surface area (Å²) in [6, 6.07) is 11.3. The zero-order valence-corrected chi connectivity index (χ0v) is 13.9. The Labute approximate surface area is 130 Å². The van der Waals surface area contributed by atoms with E-state index in [0.717, 1.165) is 3.92 Å². The first-order valence-electron chi connectivity index (χ1n) is 7.65. The van der Waals surface area contributed by atoms with Gasteiger partial charge in [0.05, 0.1) is 0 Å². The van der Waals surface area contributed by atoms with Crippen molar-refractivity contribution < 1.29 is 0 Å². The van der Waals surface area contributed by atoms with E-state index in [1.54, 1.807) is 5.56 Å². The van der Waals surface area contributed by atoms with Gasteiger partial charge in [0.2, 0.25) is 0 Å². The van der Waals surface area contributed by atoms with Crippen molar-refractivity contribution in [2.75, 3.05) is 6.54 Å². The SMILES string of the molecule is CCCNC12CCC(c3ccccc3)(CC1)[C@@H](I)C2. The number of nitrogens with one attached hydrogen (secondary N) is 1. The highest BCUT2D eigenvalue weighted by Gasteiger charge is 2.53. The Morgan fingerprint density at radius 3 is 2.42 bits per heavy atom. The summed E-state index contributed by atoms with van der Waals surface area (Å²) in [5.41, 5.74) is 2.49. The van der Waals surface area contributed by atoms with E-state index < -0.39 is 0 Å². The number of fused-ring (bicyclic) bond motifs is 3. The fraction of sp³-hybridized carbons (Fsp3) is 0.647. The normalized spacial score (nSPS) is 37.5. The van der Waals surface area contributed by atoms with Crippen molar-refractivity contribution in [3.05, 3.63) is 35.9 Å². The molecule has 1 aromatic rings. The second kappa shape index (κ2) is 5.36. The molecule has 3 aliphatic rings. The Morgan fingerprint density at radius 1 is 1.16 bits per heavy atom. The van der Waals surface area contributed by atoms with E-state index in [0.29, 0.717) is 11.0 Å². The van der Waals surface area contributed by atoms with Crippen molar-refractivity contribution in [1.29, 1.82) is 0 Å². The molecule has 1 atom stereocenters. The van der Waals surface area contributed by atoms with Gasteiger partial charge in [-0.2, -0.15) is 0 Å². The lowest BCUT2D eigenvalue weighted by Gasteiger charge is -2.57. The van der Waals surface area contributed by atoms with Crippen LogP contribution in [-0.2, 0) is 5.41 Å². The maximum Gasteiger partial charge on any atom is 0.0224 e. The molecule has 1 aromatic carbocycles. The van der Waals surface area contributed by atoms with Crippen LogP contribution in [0.2, 0.25) is 0 Å². The number of halogens is 1. The molecule has 0 heterocycles. The lowest BCUT2D eigenvalue weighted by molar-refractivity contribution is 0.0898. The van der Waals surface area contributed by atoms with Crippen molar-refractivity contribution in [3.63, 3.8) is 0 Å². The van der Waals surface area contributed by atoms with Crippen LogP contribution in [0.25, 0.3) is 0 Å². The summed E-state index contributed by atoms with van der Waals surface area (Å²) >= 11 is 2.73. The standard InChI is InChI=1S/C17H24IN/c1-2-12-19-16-8-10-17(11-9-16,15(18)13-16)14-6-4-3-5-7-14/h3-7,15,19H,2,8-13H2,1H3/t15-,16?,17?/m0/s1. The van der Waals surface area contributed by atoms with Gasteiger partial charge in [0.15, 0.2) is 0 Å².